The van der Waals surface area contributed by atoms with E-state index in [0.29, 0.717) is 28.1 Å². The summed E-state index contributed by atoms with van der Waals surface area (Å²) in [4.78, 5) is 15.3. The number of carbonyl (C=O) groups is 1. The largest absolute Gasteiger partial charge is 0.340 e. The number of aromatic nitrogens is 3. The van der Waals surface area contributed by atoms with Gasteiger partial charge in [-0.1, -0.05) is 35.5 Å². The van der Waals surface area contributed by atoms with E-state index in [1.54, 1.807) is 29.4 Å². The van der Waals surface area contributed by atoms with Gasteiger partial charge in [-0.05, 0) is 36.1 Å². The van der Waals surface area contributed by atoms with Gasteiger partial charge in [0.25, 0.3) is 0 Å². The van der Waals surface area contributed by atoms with E-state index in [1.165, 1.54) is 26.9 Å². The second-order valence-electron chi connectivity index (χ2n) is 5.72. The normalized spacial score (nSPS) is 10.9. The second kappa shape index (κ2) is 8.11. The van der Waals surface area contributed by atoms with E-state index in [9.17, 15) is 4.79 Å². The van der Waals surface area contributed by atoms with E-state index in [0.717, 1.165) is 0 Å². The predicted molar refractivity (Wildman–Crippen MR) is 107 cm³/mol. The molecule has 2 N–H and O–H groups in total. The summed E-state index contributed by atoms with van der Waals surface area (Å²) in [6.07, 6.45) is 0. The van der Waals surface area contributed by atoms with Crippen LogP contribution in [-0.4, -0.2) is 38.5 Å². The molecule has 9 heteroatoms. The number of amides is 1. The number of nitrogens with zero attached hydrogens (tertiary/aromatic N) is 4. The van der Waals surface area contributed by atoms with Crippen LogP contribution < -0.4 is 5.84 Å². The van der Waals surface area contributed by atoms with E-state index >= 15 is 0 Å². The molecule has 1 amide bonds. The fourth-order valence-electron chi connectivity index (χ4n) is 2.31. The molecule has 0 spiro atoms. The number of aryl methyl sites for hydroxylation is 1. The summed E-state index contributed by atoms with van der Waals surface area (Å²) in [6.45, 7) is 2.65. The van der Waals surface area contributed by atoms with Gasteiger partial charge in [0.1, 0.15) is 0 Å². The molecule has 0 fully saturated rings. The van der Waals surface area contributed by atoms with Gasteiger partial charge < -0.3 is 10.7 Å². The summed E-state index contributed by atoms with van der Waals surface area (Å²) >= 11 is 9.10. The molecule has 3 rings (SSSR count). The van der Waals surface area contributed by atoms with E-state index in [-0.39, 0.29) is 11.7 Å². The lowest BCUT2D eigenvalue weighted by Gasteiger charge is -2.16. The van der Waals surface area contributed by atoms with Crippen LogP contribution in [-0.2, 0) is 11.3 Å². The third-order valence-electron chi connectivity index (χ3n) is 3.88. The van der Waals surface area contributed by atoms with Gasteiger partial charge in [-0.3, -0.25) is 4.79 Å². The highest BCUT2D eigenvalue weighted by Gasteiger charge is 2.17. The van der Waals surface area contributed by atoms with Crippen LogP contribution in [0.3, 0.4) is 0 Å². The molecule has 0 aliphatic carbocycles. The minimum atomic E-state index is 0.00472. The van der Waals surface area contributed by atoms with Crippen molar-refractivity contribution in [1.82, 2.24) is 19.8 Å². The van der Waals surface area contributed by atoms with E-state index < -0.39 is 0 Å². The summed E-state index contributed by atoms with van der Waals surface area (Å²) < 4.78 is 1.36. The first-order valence-electron chi connectivity index (χ1n) is 7.82. The van der Waals surface area contributed by atoms with Crippen LogP contribution in [0, 0.1) is 6.92 Å². The minimum Gasteiger partial charge on any atom is -0.340 e. The van der Waals surface area contributed by atoms with Gasteiger partial charge in [0.15, 0.2) is 5.82 Å². The molecule has 3 aromatic rings. The minimum absolute atomic E-state index is 0.00472. The number of carbonyl (C=O) groups excluding carboxylic acids is 1. The topological polar surface area (TPSA) is 77.0 Å². The third kappa shape index (κ3) is 4.03. The molecule has 2 aromatic heterocycles. The lowest BCUT2D eigenvalue weighted by molar-refractivity contribution is -0.127. The van der Waals surface area contributed by atoms with E-state index in [1.807, 2.05) is 30.5 Å². The van der Waals surface area contributed by atoms with Gasteiger partial charge >= 0.3 is 0 Å². The maximum absolute atomic E-state index is 12.4. The SMILES string of the molecule is Cc1ccsc1CN(C)C(=O)CSc1nnc(-c2ccccc2Cl)n1N. The Hall–Kier alpha value is -2.03. The first kappa shape index (κ1) is 18.8. The first-order valence-corrected chi connectivity index (χ1v) is 10.1. The van der Waals surface area contributed by atoms with Crippen LogP contribution in [0.15, 0.2) is 40.9 Å². The Morgan fingerprint density at radius 1 is 1.35 bits per heavy atom. The average molecular weight is 408 g/mol. The van der Waals surface area contributed by atoms with E-state index in [2.05, 4.69) is 16.3 Å². The van der Waals surface area contributed by atoms with Crippen LogP contribution in [0.5, 0.6) is 0 Å². The Balaban J connectivity index is 1.64. The zero-order valence-corrected chi connectivity index (χ0v) is 16.7. The zero-order valence-electron chi connectivity index (χ0n) is 14.3. The van der Waals surface area contributed by atoms with Crippen LogP contribution >= 0.6 is 34.7 Å². The quantitative estimate of drug-likeness (QED) is 0.500. The van der Waals surface area contributed by atoms with Crippen LogP contribution in [0.2, 0.25) is 5.02 Å². The summed E-state index contributed by atoms with van der Waals surface area (Å²) in [7, 11) is 1.80. The van der Waals surface area contributed by atoms with Crippen LogP contribution in [0.25, 0.3) is 11.4 Å². The predicted octanol–water partition coefficient (Wildman–Crippen LogP) is 3.43. The van der Waals surface area contributed by atoms with Crippen molar-refractivity contribution in [2.75, 3.05) is 18.6 Å². The Labute approximate surface area is 164 Å². The number of thiophene rings is 1. The maximum atomic E-state index is 12.4. The molecule has 0 saturated carbocycles. The Bertz CT molecular complexity index is 924. The molecule has 26 heavy (non-hydrogen) atoms. The highest BCUT2D eigenvalue weighted by molar-refractivity contribution is 7.99. The summed E-state index contributed by atoms with van der Waals surface area (Å²) in [5.74, 6) is 6.79. The molecular formula is C17H18ClN5OS2. The number of halogens is 1. The number of nitrogens with two attached hydrogens (primary N) is 1. The molecular weight excluding hydrogens is 390 g/mol. The fourth-order valence-corrected chi connectivity index (χ4v) is 4.28. The summed E-state index contributed by atoms with van der Waals surface area (Å²) in [6, 6.07) is 9.34. The molecule has 0 saturated heterocycles. The number of nitrogen functional groups attached to an aromatic ring is 1. The molecule has 2 heterocycles. The number of hydrogen-bond donors (Lipinski definition) is 1. The summed E-state index contributed by atoms with van der Waals surface area (Å²) in [5.41, 5.74) is 1.90. The fraction of sp³-hybridized carbons (Fsp3) is 0.235. The van der Waals surface area contributed by atoms with Gasteiger partial charge in [-0.25, -0.2) is 4.68 Å². The number of benzene rings is 1. The average Bonchev–Trinajstić information content (AvgIpc) is 3.19. The molecule has 136 valence electrons. The smallest absolute Gasteiger partial charge is 0.233 e. The molecule has 1 aromatic carbocycles. The van der Waals surface area contributed by atoms with Gasteiger partial charge in [-0.2, -0.15) is 0 Å². The van der Waals surface area contributed by atoms with Crippen LogP contribution in [0.4, 0.5) is 0 Å². The number of rotatable bonds is 6. The van der Waals surface area contributed by atoms with Gasteiger partial charge in [-0.15, -0.1) is 21.5 Å². The van der Waals surface area contributed by atoms with Crippen molar-refractivity contribution >= 4 is 40.6 Å². The van der Waals surface area contributed by atoms with Crippen molar-refractivity contribution in [2.24, 2.45) is 0 Å². The molecule has 0 atom stereocenters. The zero-order chi connectivity index (χ0) is 18.7. The van der Waals surface area contributed by atoms with Crippen molar-refractivity contribution in [3.8, 4) is 11.4 Å². The van der Waals surface area contributed by atoms with Crippen LogP contribution in [0.1, 0.15) is 10.4 Å². The number of hydrogen-bond acceptors (Lipinski definition) is 6. The van der Waals surface area contributed by atoms with Crippen molar-refractivity contribution in [3.63, 3.8) is 0 Å². The monoisotopic (exact) mass is 407 g/mol. The van der Waals surface area contributed by atoms with Crippen molar-refractivity contribution < 1.29 is 4.79 Å². The molecule has 0 unspecified atom stereocenters. The molecule has 0 aliphatic rings. The Kier molecular flexibility index (Phi) is 5.85. The van der Waals surface area contributed by atoms with Crippen molar-refractivity contribution in [2.45, 2.75) is 18.6 Å². The lowest BCUT2D eigenvalue weighted by atomic mass is 10.2. The number of thioether (sulfide) groups is 1. The van der Waals surface area contributed by atoms with Gasteiger partial charge in [0, 0.05) is 17.5 Å². The Morgan fingerprint density at radius 3 is 2.81 bits per heavy atom. The Morgan fingerprint density at radius 2 is 2.12 bits per heavy atom. The third-order valence-corrected chi connectivity index (χ3v) is 6.14. The second-order valence-corrected chi connectivity index (χ2v) is 8.07. The standard InChI is InChI=1S/C17H18ClN5OS2/c1-11-7-8-25-14(11)9-22(2)15(24)10-26-17-21-20-16(23(17)19)12-5-3-4-6-13(12)18/h3-8H,9-10,19H2,1-2H3. The van der Waals surface area contributed by atoms with Crippen molar-refractivity contribution in [1.29, 1.82) is 0 Å². The lowest BCUT2D eigenvalue weighted by Crippen LogP contribution is -2.28. The first-order chi connectivity index (χ1) is 12.5. The van der Waals surface area contributed by atoms with Crippen molar-refractivity contribution in [3.05, 3.63) is 51.2 Å². The molecule has 0 bridgehead atoms. The highest BCUT2D eigenvalue weighted by atomic mass is 35.5. The maximum Gasteiger partial charge on any atom is 0.233 e. The van der Waals surface area contributed by atoms with Gasteiger partial charge in [0.2, 0.25) is 11.1 Å². The molecule has 0 aliphatic heterocycles. The van der Waals surface area contributed by atoms with E-state index in [4.69, 9.17) is 17.4 Å². The molecule has 0 radical (unpaired) electrons. The molecule has 6 nitrogen and oxygen atoms in total. The summed E-state index contributed by atoms with van der Waals surface area (Å²) in [5, 5.41) is 11.2. The van der Waals surface area contributed by atoms with Gasteiger partial charge in [0.05, 0.1) is 17.3 Å². The highest BCUT2D eigenvalue weighted by Crippen LogP contribution is 2.27.